The summed E-state index contributed by atoms with van der Waals surface area (Å²) in [7, 11) is 0. The second kappa shape index (κ2) is 6.47. The molecule has 146 valence electrons. The van der Waals surface area contributed by atoms with Crippen LogP contribution in [0.25, 0.3) is 0 Å². The lowest BCUT2D eigenvalue weighted by Crippen LogP contribution is -2.72. The minimum atomic E-state index is -0.115. The molecule has 4 fully saturated rings. The fourth-order valence-corrected chi connectivity index (χ4v) is 5.98. The average Bonchev–Trinajstić information content (AvgIpc) is 2.89. The van der Waals surface area contributed by atoms with Gasteiger partial charge in [-0.25, -0.2) is 0 Å². The third-order valence-corrected chi connectivity index (χ3v) is 7.41. The molecule has 1 saturated carbocycles. The van der Waals surface area contributed by atoms with Gasteiger partial charge in [0.15, 0.2) is 0 Å². The van der Waals surface area contributed by atoms with Gasteiger partial charge in [0.05, 0.1) is 5.41 Å². The van der Waals surface area contributed by atoms with Gasteiger partial charge < -0.3 is 14.5 Å². The second-order valence-corrected chi connectivity index (χ2v) is 9.59. The van der Waals surface area contributed by atoms with Crippen molar-refractivity contribution < 1.29 is 9.53 Å². The molecule has 1 unspecified atom stereocenters. The van der Waals surface area contributed by atoms with Gasteiger partial charge in [0.2, 0.25) is 0 Å². The molecule has 27 heavy (non-hydrogen) atoms. The topological polar surface area (TPSA) is 45.7 Å². The third kappa shape index (κ3) is 3.04. The van der Waals surface area contributed by atoms with E-state index in [1.807, 2.05) is 12.4 Å². The maximum atomic E-state index is 12.4. The van der Waals surface area contributed by atoms with Crippen LogP contribution in [0.3, 0.4) is 0 Å². The van der Waals surface area contributed by atoms with Crippen molar-refractivity contribution in [1.29, 1.82) is 0 Å². The van der Waals surface area contributed by atoms with Crippen LogP contribution in [-0.4, -0.2) is 54.7 Å². The predicted molar refractivity (Wildman–Crippen MR) is 105 cm³/mol. The van der Waals surface area contributed by atoms with Crippen molar-refractivity contribution >= 4 is 11.7 Å². The van der Waals surface area contributed by atoms with Crippen molar-refractivity contribution in [2.45, 2.75) is 58.0 Å². The molecule has 5 heteroatoms. The highest BCUT2D eigenvalue weighted by Crippen LogP contribution is 2.47. The first-order chi connectivity index (χ1) is 13.1. The summed E-state index contributed by atoms with van der Waals surface area (Å²) in [6.07, 6.45) is 11.8. The Hall–Kier alpha value is -1.62. The largest absolute Gasteiger partial charge is 0.462 e. The number of carbonyl (C=O) groups is 1. The zero-order valence-corrected chi connectivity index (χ0v) is 16.5. The Labute approximate surface area is 162 Å². The highest BCUT2D eigenvalue weighted by molar-refractivity contribution is 5.79. The van der Waals surface area contributed by atoms with Crippen LogP contribution >= 0.6 is 0 Å². The minimum absolute atomic E-state index is 0.106. The van der Waals surface area contributed by atoms with E-state index in [2.05, 4.69) is 27.8 Å². The molecule has 0 bridgehead atoms. The highest BCUT2D eigenvalue weighted by atomic mass is 16.6. The fourth-order valence-electron chi connectivity index (χ4n) is 5.98. The summed E-state index contributed by atoms with van der Waals surface area (Å²) in [5, 5.41) is 0. The molecule has 5 nitrogen and oxygen atoms in total. The number of hydrogen-bond acceptors (Lipinski definition) is 5. The number of aromatic nitrogens is 1. The molecule has 0 N–H and O–H groups in total. The molecule has 1 aromatic heterocycles. The molecule has 5 rings (SSSR count). The molecule has 1 aliphatic carbocycles. The van der Waals surface area contributed by atoms with E-state index >= 15 is 0 Å². The molecule has 2 spiro atoms. The van der Waals surface area contributed by atoms with Crippen LogP contribution in [0.5, 0.6) is 0 Å². The Bertz CT molecular complexity index is 714. The van der Waals surface area contributed by atoms with Gasteiger partial charge in [0.1, 0.15) is 6.10 Å². The number of pyridine rings is 1. The Morgan fingerprint density at radius 3 is 2.70 bits per heavy atom. The summed E-state index contributed by atoms with van der Waals surface area (Å²) < 4.78 is 5.77. The van der Waals surface area contributed by atoms with Gasteiger partial charge in [-0.1, -0.05) is 19.3 Å². The average molecular weight is 370 g/mol. The number of ether oxygens (including phenoxy) is 1. The van der Waals surface area contributed by atoms with Gasteiger partial charge in [0.25, 0.3) is 0 Å². The second-order valence-electron chi connectivity index (χ2n) is 9.59. The molecule has 3 saturated heterocycles. The molecule has 0 aromatic carbocycles. The number of likely N-dealkylation sites (tertiary alicyclic amines) is 1. The highest BCUT2D eigenvalue weighted by Gasteiger charge is 2.53. The number of nitrogens with zero attached hydrogens (tertiary/aromatic N) is 3. The van der Waals surface area contributed by atoms with Crippen molar-refractivity contribution in [3.05, 3.63) is 24.0 Å². The fraction of sp³-hybridized carbons (Fsp3) is 0.727. The maximum Gasteiger partial charge on any atom is 0.312 e. The third-order valence-electron chi connectivity index (χ3n) is 7.41. The van der Waals surface area contributed by atoms with Gasteiger partial charge in [-0.3, -0.25) is 9.78 Å². The summed E-state index contributed by atoms with van der Waals surface area (Å²) in [6, 6.07) is 2.13. The van der Waals surface area contributed by atoms with Gasteiger partial charge >= 0.3 is 5.97 Å². The number of aryl methyl sites for hydroxylation is 1. The lowest BCUT2D eigenvalue weighted by molar-refractivity contribution is -0.150. The molecule has 4 heterocycles. The van der Waals surface area contributed by atoms with Gasteiger partial charge in [-0.2, -0.15) is 0 Å². The Morgan fingerprint density at radius 1 is 1.19 bits per heavy atom. The van der Waals surface area contributed by atoms with E-state index in [1.54, 1.807) is 0 Å². The minimum Gasteiger partial charge on any atom is -0.462 e. The number of rotatable bonds is 4. The lowest BCUT2D eigenvalue weighted by atomic mass is 9.71. The van der Waals surface area contributed by atoms with Crippen molar-refractivity contribution in [1.82, 2.24) is 9.88 Å². The van der Waals surface area contributed by atoms with E-state index in [0.29, 0.717) is 5.41 Å². The van der Waals surface area contributed by atoms with Crippen LogP contribution in [0.4, 0.5) is 5.69 Å². The zero-order chi connectivity index (χ0) is 18.5. The van der Waals surface area contributed by atoms with Crippen LogP contribution in [0, 0.1) is 17.8 Å². The molecule has 0 radical (unpaired) electrons. The molecular weight excluding hydrogens is 338 g/mol. The van der Waals surface area contributed by atoms with Crippen molar-refractivity contribution in [2.75, 3.05) is 37.6 Å². The summed E-state index contributed by atoms with van der Waals surface area (Å²) in [5.74, 6) is 0.106. The van der Waals surface area contributed by atoms with Crippen molar-refractivity contribution in [3.63, 3.8) is 0 Å². The molecule has 3 aliphatic heterocycles. The van der Waals surface area contributed by atoms with E-state index < -0.39 is 0 Å². The molecule has 0 amide bonds. The number of cyclic esters (lactones) is 1. The normalized spacial score (nSPS) is 28.9. The maximum absolute atomic E-state index is 12.4. The van der Waals surface area contributed by atoms with E-state index in [1.165, 1.54) is 43.6 Å². The number of carbonyl (C=O) groups excluding carboxylic acids is 1. The van der Waals surface area contributed by atoms with E-state index in [9.17, 15) is 4.79 Å². The Balaban J connectivity index is 1.07. The van der Waals surface area contributed by atoms with Crippen LogP contribution < -0.4 is 4.90 Å². The predicted octanol–water partition coefficient (Wildman–Crippen LogP) is 3.17. The van der Waals surface area contributed by atoms with E-state index in [-0.39, 0.29) is 17.5 Å². The molecule has 1 aromatic rings. The van der Waals surface area contributed by atoms with Crippen LogP contribution in [-0.2, 0) is 9.53 Å². The quantitative estimate of drug-likeness (QED) is 0.763. The summed E-state index contributed by atoms with van der Waals surface area (Å²) >= 11 is 0. The summed E-state index contributed by atoms with van der Waals surface area (Å²) in [4.78, 5) is 21.6. The van der Waals surface area contributed by atoms with Crippen LogP contribution in [0.15, 0.2) is 18.5 Å². The number of anilines is 1. The SMILES string of the molecule is Cc1cnccc1N1CC2(CN(CCC3CC4(CCCCC4)C(=O)O3)C2)C1. The van der Waals surface area contributed by atoms with E-state index in [4.69, 9.17) is 4.74 Å². The van der Waals surface area contributed by atoms with Gasteiger partial charge in [0, 0.05) is 62.6 Å². The Kier molecular flexibility index (Phi) is 4.19. The zero-order valence-electron chi connectivity index (χ0n) is 16.5. The smallest absolute Gasteiger partial charge is 0.312 e. The van der Waals surface area contributed by atoms with Gasteiger partial charge in [-0.05, 0) is 37.8 Å². The molecule has 4 aliphatic rings. The summed E-state index contributed by atoms with van der Waals surface area (Å²) in [6.45, 7) is 7.93. The van der Waals surface area contributed by atoms with Crippen molar-refractivity contribution in [3.8, 4) is 0 Å². The monoisotopic (exact) mass is 369 g/mol. The van der Waals surface area contributed by atoms with Gasteiger partial charge in [-0.15, -0.1) is 0 Å². The first-order valence-corrected chi connectivity index (χ1v) is 10.7. The number of esters is 1. The van der Waals surface area contributed by atoms with Crippen molar-refractivity contribution in [2.24, 2.45) is 10.8 Å². The Morgan fingerprint density at radius 2 is 1.96 bits per heavy atom. The lowest BCUT2D eigenvalue weighted by Gasteiger charge is -2.61. The first kappa shape index (κ1) is 17.5. The first-order valence-electron chi connectivity index (χ1n) is 10.7. The van der Waals surface area contributed by atoms with Crippen LogP contribution in [0.2, 0.25) is 0 Å². The van der Waals surface area contributed by atoms with Crippen LogP contribution in [0.1, 0.15) is 50.5 Å². The number of hydrogen-bond donors (Lipinski definition) is 0. The standard InChI is InChI=1S/C22H31N3O2/c1-17-12-23-9-5-19(17)25-15-21(16-25)13-24(14-21)10-6-18-11-22(20(26)27-18)7-3-2-4-8-22/h5,9,12,18H,2-4,6-8,10-11,13-16H2,1H3. The molecular formula is C22H31N3O2. The van der Waals surface area contributed by atoms with E-state index in [0.717, 1.165) is 45.3 Å². The summed E-state index contributed by atoms with van der Waals surface area (Å²) in [5.41, 5.74) is 2.98. The molecule has 1 atom stereocenters.